The summed E-state index contributed by atoms with van der Waals surface area (Å²) in [5, 5.41) is 0. The van der Waals surface area contributed by atoms with Gasteiger partial charge in [-0.3, -0.25) is 0 Å². The summed E-state index contributed by atoms with van der Waals surface area (Å²) >= 11 is 0.307. The molecule has 0 aromatic heterocycles. The lowest BCUT2D eigenvalue weighted by molar-refractivity contribution is -0.472. The van der Waals surface area contributed by atoms with Crippen LogP contribution in [0.5, 0.6) is 0 Å². The van der Waals surface area contributed by atoms with E-state index in [0.717, 1.165) is 0 Å². The van der Waals surface area contributed by atoms with E-state index in [2.05, 4.69) is 0 Å². The third-order valence-electron chi connectivity index (χ3n) is 3.71. The topological polar surface area (TPSA) is 0 Å². The van der Waals surface area contributed by atoms with Crippen LogP contribution in [0, 0.1) is 0 Å². The maximum Gasteiger partial charge on any atom is 0.460 e. The minimum absolute atomic E-state index is 0.154. The third-order valence-corrected chi connectivity index (χ3v) is 8.05. The molecule has 0 saturated heterocycles. The van der Waals surface area contributed by atoms with Crippen LogP contribution >= 0.6 is 47.3 Å². The molecule has 206 valence electrons. The lowest BCUT2D eigenvalue weighted by Gasteiger charge is -2.44. The second kappa shape index (κ2) is 8.73. The molecule has 0 unspecified atom stereocenters. The first-order valence-corrected chi connectivity index (χ1v) is 13.7. The molecule has 0 aliphatic heterocycles. The standard InChI is InChI=1S/C10F21I2P/c11-1(12,3(15,16)5(19,20)7(23,24)9(27,28)29)2(13,14)4(17,18)6(21,22)8(25,26)10(30,31)34(32)33. The van der Waals surface area contributed by atoms with E-state index in [1.54, 1.807) is 0 Å². The Hall–Kier alpha value is 0.420. The number of alkyl halides is 21. The van der Waals surface area contributed by atoms with Gasteiger partial charge < -0.3 is 0 Å². The molecule has 24 heteroatoms. The van der Waals surface area contributed by atoms with Gasteiger partial charge in [-0.25, -0.2) is 0 Å². The van der Waals surface area contributed by atoms with Crippen LogP contribution in [0.25, 0.3) is 0 Å². The average Bonchev–Trinajstić information content (AvgIpc) is 2.58. The van der Waals surface area contributed by atoms with Crippen molar-refractivity contribution >= 4 is 47.3 Å². The Morgan fingerprint density at radius 3 is 0.647 bits per heavy atom. The molecular formula is C10F21I2P. The molecule has 0 fully saturated rings. The minimum atomic E-state index is -9.13. The number of halogens is 23. The molecule has 0 bridgehead atoms. The van der Waals surface area contributed by atoms with E-state index < -0.39 is 62.4 Å². The summed E-state index contributed by atoms with van der Waals surface area (Å²) in [5.74, 6) is -69.8. The molecule has 34 heavy (non-hydrogen) atoms. The van der Waals surface area contributed by atoms with E-state index in [0.29, 0.717) is 0 Å². The van der Waals surface area contributed by atoms with Gasteiger partial charge in [0.25, 0.3) is 0 Å². The van der Waals surface area contributed by atoms with Crippen molar-refractivity contribution in [3.05, 3.63) is 0 Å². The first-order chi connectivity index (χ1) is 14.2. The van der Waals surface area contributed by atoms with Gasteiger partial charge >= 0.3 is 59.2 Å². The lowest BCUT2D eigenvalue weighted by atomic mass is 9.87. The largest absolute Gasteiger partial charge is 0.460 e. The van der Waals surface area contributed by atoms with Gasteiger partial charge in [-0.1, -0.05) is 0 Å². The Morgan fingerprint density at radius 2 is 0.471 bits per heavy atom. The molecule has 0 aromatic carbocycles. The van der Waals surface area contributed by atoms with Gasteiger partial charge in [-0.2, -0.15) is 92.2 Å². The summed E-state index contributed by atoms with van der Waals surface area (Å²) in [6.45, 7) is 0. The summed E-state index contributed by atoms with van der Waals surface area (Å²) in [7, 11) is 0. The molecule has 0 aromatic rings. The average molecular weight is 804 g/mol. The van der Waals surface area contributed by atoms with Crippen molar-refractivity contribution in [3.8, 4) is 0 Å². The molecule has 0 heterocycles. The number of rotatable bonds is 9. The van der Waals surface area contributed by atoms with Crippen LogP contribution in [0.3, 0.4) is 0 Å². The Kier molecular flexibility index (Phi) is 8.84. The molecular weight excluding hydrogens is 804 g/mol. The second-order valence-electron chi connectivity index (χ2n) is 5.87. The Morgan fingerprint density at radius 1 is 0.294 bits per heavy atom. The summed E-state index contributed by atoms with van der Waals surface area (Å²) in [4.78, 5) is 0. The predicted octanol–water partition coefficient (Wildman–Crippen LogP) is 9.41. The Bertz CT molecular complexity index is 751. The molecule has 0 atom stereocenters. The molecule has 0 saturated carbocycles. The molecule has 0 aliphatic carbocycles. The molecule has 0 nitrogen and oxygen atoms in total. The molecule has 0 amide bonds. The zero-order valence-corrected chi connectivity index (χ0v) is 19.3. The molecule has 0 spiro atoms. The smallest absolute Gasteiger partial charge is 0.193 e. The molecule has 0 radical (unpaired) electrons. The highest BCUT2D eigenvalue weighted by Crippen LogP contribution is 2.74. The summed E-state index contributed by atoms with van der Waals surface area (Å²) in [6.07, 6.45) is -7.98. The van der Waals surface area contributed by atoms with Crippen molar-refractivity contribution in [2.45, 2.75) is 59.2 Å². The van der Waals surface area contributed by atoms with Crippen LogP contribution < -0.4 is 0 Å². The van der Waals surface area contributed by atoms with Crippen molar-refractivity contribution in [3.63, 3.8) is 0 Å². The van der Waals surface area contributed by atoms with Crippen LogP contribution in [-0.4, -0.2) is 59.2 Å². The monoisotopic (exact) mass is 804 g/mol. The Labute approximate surface area is 198 Å². The fourth-order valence-corrected chi connectivity index (χ4v) is 3.83. The minimum Gasteiger partial charge on any atom is -0.193 e. The zero-order valence-electron chi connectivity index (χ0n) is 14.1. The lowest BCUT2D eigenvalue weighted by Crippen LogP contribution is -2.76. The van der Waals surface area contributed by atoms with E-state index in [1.165, 1.54) is 0 Å². The van der Waals surface area contributed by atoms with Gasteiger partial charge in [0.05, 0.1) is 0 Å². The summed E-state index contributed by atoms with van der Waals surface area (Å²) in [6, 6.07) is 0. The van der Waals surface area contributed by atoms with Crippen molar-refractivity contribution in [2.75, 3.05) is 0 Å². The molecule has 0 N–H and O–H groups in total. The van der Waals surface area contributed by atoms with E-state index >= 15 is 0 Å². The highest BCUT2D eigenvalue weighted by atomic mass is 127. The van der Waals surface area contributed by atoms with E-state index in [-0.39, 0.29) is 44.1 Å². The van der Waals surface area contributed by atoms with Gasteiger partial charge in [0.1, 0.15) is 3.21 Å². The van der Waals surface area contributed by atoms with Crippen molar-refractivity contribution in [1.29, 1.82) is 0 Å². The highest BCUT2D eigenvalue weighted by Gasteiger charge is 2.98. The van der Waals surface area contributed by atoms with Crippen molar-refractivity contribution in [1.82, 2.24) is 0 Å². The number of hydrogen-bond donors (Lipinski definition) is 0. The normalized spacial score (nSPS) is 16.9. The third kappa shape index (κ3) is 4.19. The van der Waals surface area contributed by atoms with Crippen LogP contribution in [0.4, 0.5) is 92.2 Å². The van der Waals surface area contributed by atoms with Crippen LogP contribution in [0.1, 0.15) is 0 Å². The van der Waals surface area contributed by atoms with Gasteiger partial charge in [0.2, 0.25) is 0 Å². The molecule has 0 aliphatic rings. The van der Waals surface area contributed by atoms with Crippen molar-refractivity contribution in [2.24, 2.45) is 0 Å². The van der Waals surface area contributed by atoms with Gasteiger partial charge in [-0.05, 0) is 44.1 Å². The van der Waals surface area contributed by atoms with Gasteiger partial charge in [-0.15, -0.1) is 0 Å². The van der Waals surface area contributed by atoms with E-state index in [4.69, 9.17) is 0 Å². The maximum atomic E-state index is 13.4. The zero-order chi connectivity index (χ0) is 28.6. The van der Waals surface area contributed by atoms with Crippen molar-refractivity contribution < 1.29 is 92.2 Å². The SMILES string of the molecule is FC(F)(F)C(F)(F)C(F)(F)C(F)(F)C(F)(F)C(F)(F)C(F)(F)C(F)(F)C(F)(F)C(F)(F)P(I)I. The first-order valence-electron chi connectivity index (χ1n) is 6.78. The fourth-order valence-electron chi connectivity index (χ4n) is 1.66. The van der Waals surface area contributed by atoms with Gasteiger partial charge in [0.15, 0.2) is 0 Å². The summed E-state index contributed by atoms with van der Waals surface area (Å²) in [5.41, 5.74) is -6.49. The quantitative estimate of drug-likeness (QED) is 0.124. The van der Waals surface area contributed by atoms with E-state index in [9.17, 15) is 92.2 Å². The highest BCUT2D eigenvalue weighted by molar-refractivity contribution is 14.3. The Balaban J connectivity index is 7.08. The van der Waals surface area contributed by atoms with Crippen LogP contribution in [-0.2, 0) is 0 Å². The second-order valence-corrected chi connectivity index (χ2v) is 18.2. The van der Waals surface area contributed by atoms with E-state index in [1.807, 2.05) is 0 Å². The fraction of sp³-hybridized carbons (Fsp3) is 1.00. The predicted molar refractivity (Wildman–Crippen MR) is 85.5 cm³/mol. The van der Waals surface area contributed by atoms with Gasteiger partial charge in [0, 0.05) is 0 Å². The number of hydrogen-bond acceptors (Lipinski definition) is 0. The first kappa shape index (κ1) is 34.4. The van der Waals surface area contributed by atoms with Crippen LogP contribution in [0.2, 0.25) is 0 Å². The maximum absolute atomic E-state index is 13.4. The molecule has 0 rings (SSSR count). The van der Waals surface area contributed by atoms with Crippen LogP contribution in [0.15, 0.2) is 0 Å². The summed E-state index contributed by atoms with van der Waals surface area (Å²) < 4.78 is 270.